The molecule has 30 heavy (non-hydrogen) atoms. The summed E-state index contributed by atoms with van der Waals surface area (Å²) in [4.78, 5) is 6.83. The van der Waals surface area contributed by atoms with E-state index in [1.54, 1.807) is 12.1 Å². The molecule has 2 aliphatic heterocycles. The minimum Gasteiger partial charge on any atom is -0.456 e. The minimum atomic E-state index is -1.13. The van der Waals surface area contributed by atoms with Crippen molar-refractivity contribution in [2.75, 3.05) is 13.1 Å². The van der Waals surface area contributed by atoms with Crippen LogP contribution in [0.15, 0.2) is 66.9 Å². The third-order valence-electron chi connectivity index (χ3n) is 6.33. The number of rotatable bonds is 3. The first-order chi connectivity index (χ1) is 14.7. The summed E-state index contributed by atoms with van der Waals surface area (Å²) >= 11 is 0. The van der Waals surface area contributed by atoms with Crippen molar-refractivity contribution in [3.63, 3.8) is 0 Å². The highest BCUT2D eigenvalue weighted by molar-refractivity contribution is 5.58. The van der Waals surface area contributed by atoms with Crippen LogP contribution in [-0.4, -0.2) is 28.1 Å². The average Bonchev–Trinajstić information content (AvgIpc) is 2.80. The lowest BCUT2D eigenvalue weighted by atomic mass is 9.70. The standard InChI is InChI=1S/C25H23N3O2/c26-16-18-8-9-22-24(15-18)30-23-7-2-1-6-21(23)25(22,29)19-10-13-28(14-11-19)17-20-5-3-4-12-27-20/h1-9,12,15,19,29H,10-11,13-14,17H2. The summed E-state index contributed by atoms with van der Waals surface area (Å²) in [5.41, 5.74) is 2.03. The number of hydrogen-bond acceptors (Lipinski definition) is 5. The van der Waals surface area contributed by atoms with Gasteiger partial charge in [-0.1, -0.05) is 30.3 Å². The molecular formula is C25H23N3O2. The van der Waals surface area contributed by atoms with E-state index in [1.165, 1.54) is 0 Å². The number of likely N-dealkylation sites (tertiary alicyclic amines) is 1. The molecule has 0 aliphatic carbocycles. The summed E-state index contributed by atoms with van der Waals surface area (Å²) in [5.74, 6) is 1.30. The van der Waals surface area contributed by atoms with Gasteiger partial charge in [0.25, 0.3) is 0 Å². The van der Waals surface area contributed by atoms with Gasteiger partial charge >= 0.3 is 0 Å². The molecule has 0 radical (unpaired) electrons. The Morgan fingerprint density at radius 2 is 1.80 bits per heavy atom. The lowest BCUT2D eigenvalue weighted by molar-refractivity contribution is -0.0219. The van der Waals surface area contributed by atoms with Crippen LogP contribution in [0.2, 0.25) is 0 Å². The van der Waals surface area contributed by atoms with Crippen molar-refractivity contribution in [3.05, 3.63) is 89.2 Å². The fourth-order valence-corrected chi connectivity index (χ4v) is 4.79. The lowest BCUT2D eigenvalue weighted by Gasteiger charge is -2.45. The molecule has 150 valence electrons. The Labute approximate surface area is 176 Å². The van der Waals surface area contributed by atoms with Crippen molar-refractivity contribution in [3.8, 4) is 17.6 Å². The molecule has 0 bridgehead atoms. The molecule has 1 atom stereocenters. The number of piperidine rings is 1. The molecule has 2 aromatic carbocycles. The number of aliphatic hydroxyl groups is 1. The van der Waals surface area contributed by atoms with Gasteiger partial charge < -0.3 is 9.84 Å². The highest BCUT2D eigenvalue weighted by Gasteiger charge is 2.47. The molecule has 1 aromatic heterocycles. The smallest absolute Gasteiger partial charge is 0.135 e. The molecule has 0 amide bonds. The van der Waals surface area contributed by atoms with Gasteiger partial charge in [0.15, 0.2) is 0 Å². The van der Waals surface area contributed by atoms with Crippen molar-refractivity contribution < 1.29 is 9.84 Å². The SMILES string of the molecule is N#Cc1ccc2c(c1)Oc1ccccc1C2(O)C1CCN(Cc2ccccn2)CC1. The highest BCUT2D eigenvalue weighted by Crippen LogP contribution is 2.52. The second kappa shape index (κ2) is 7.56. The van der Waals surface area contributed by atoms with Crippen LogP contribution in [0.5, 0.6) is 11.5 Å². The van der Waals surface area contributed by atoms with Crippen LogP contribution in [-0.2, 0) is 12.1 Å². The molecule has 1 N–H and O–H groups in total. The average molecular weight is 397 g/mol. The molecular weight excluding hydrogens is 374 g/mol. The maximum absolute atomic E-state index is 12.1. The first kappa shape index (κ1) is 18.8. The van der Waals surface area contributed by atoms with Gasteiger partial charge in [0.1, 0.15) is 17.1 Å². The van der Waals surface area contributed by atoms with Gasteiger partial charge in [0.2, 0.25) is 0 Å². The fourth-order valence-electron chi connectivity index (χ4n) is 4.79. The van der Waals surface area contributed by atoms with Crippen LogP contribution >= 0.6 is 0 Å². The van der Waals surface area contributed by atoms with Gasteiger partial charge in [0.05, 0.1) is 17.3 Å². The van der Waals surface area contributed by atoms with Gasteiger partial charge in [-0.2, -0.15) is 5.26 Å². The van der Waals surface area contributed by atoms with Crippen LogP contribution in [0, 0.1) is 17.2 Å². The maximum atomic E-state index is 12.1. The van der Waals surface area contributed by atoms with Crippen LogP contribution in [0.4, 0.5) is 0 Å². The Hall–Kier alpha value is -3.20. The van der Waals surface area contributed by atoms with Crippen molar-refractivity contribution in [1.82, 2.24) is 9.88 Å². The van der Waals surface area contributed by atoms with Gasteiger partial charge in [-0.05, 0) is 62.2 Å². The number of ether oxygens (including phenoxy) is 1. The summed E-state index contributed by atoms with van der Waals surface area (Å²) in [7, 11) is 0. The van der Waals surface area contributed by atoms with Crippen LogP contribution in [0.1, 0.15) is 35.2 Å². The molecule has 5 nitrogen and oxygen atoms in total. The van der Waals surface area contributed by atoms with Crippen molar-refractivity contribution in [1.29, 1.82) is 5.26 Å². The quantitative estimate of drug-likeness (QED) is 0.717. The Morgan fingerprint density at radius 1 is 1.03 bits per heavy atom. The number of hydrogen-bond donors (Lipinski definition) is 1. The fraction of sp³-hybridized carbons (Fsp3) is 0.280. The largest absolute Gasteiger partial charge is 0.456 e. The highest BCUT2D eigenvalue weighted by atomic mass is 16.5. The summed E-state index contributed by atoms with van der Waals surface area (Å²) < 4.78 is 6.08. The predicted molar refractivity (Wildman–Crippen MR) is 113 cm³/mol. The molecule has 5 heteroatoms. The van der Waals surface area contributed by atoms with E-state index in [0.717, 1.165) is 49.3 Å². The summed E-state index contributed by atoms with van der Waals surface area (Å²) in [6, 6.07) is 21.2. The minimum absolute atomic E-state index is 0.0641. The van der Waals surface area contributed by atoms with Gasteiger partial charge in [0, 0.05) is 23.9 Å². The van der Waals surface area contributed by atoms with Crippen LogP contribution < -0.4 is 4.74 Å². The van der Waals surface area contributed by atoms with Crippen molar-refractivity contribution >= 4 is 0 Å². The van der Waals surface area contributed by atoms with E-state index >= 15 is 0 Å². The lowest BCUT2D eigenvalue weighted by Crippen LogP contribution is -2.45. The number of pyridine rings is 1. The molecule has 3 aromatic rings. The monoisotopic (exact) mass is 397 g/mol. The third kappa shape index (κ3) is 3.15. The number of aromatic nitrogens is 1. The van der Waals surface area contributed by atoms with Crippen LogP contribution in [0.25, 0.3) is 0 Å². The Balaban J connectivity index is 1.45. The van der Waals surface area contributed by atoms with Crippen molar-refractivity contribution in [2.45, 2.75) is 25.0 Å². The van der Waals surface area contributed by atoms with E-state index < -0.39 is 5.60 Å². The topological polar surface area (TPSA) is 69.4 Å². The Bertz CT molecular complexity index is 1100. The van der Waals surface area contributed by atoms with Gasteiger partial charge in [-0.15, -0.1) is 0 Å². The number of para-hydroxylation sites is 1. The Morgan fingerprint density at radius 3 is 2.57 bits per heavy atom. The zero-order valence-electron chi connectivity index (χ0n) is 16.7. The first-order valence-corrected chi connectivity index (χ1v) is 10.3. The molecule has 1 saturated heterocycles. The van der Waals surface area contributed by atoms with E-state index in [4.69, 9.17) is 4.74 Å². The zero-order chi connectivity index (χ0) is 20.6. The second-order valence-electron chi connectivity index (χ2n) is 8.06. The van der Waals surface area contributed by atoms with Crippen molar-refractivity contribution in [2.24, 2.45) is 5.92 Å². The van der Waals surface area contributed by atoms with E-state index in [9.17, 15) is 10.4 Å². The molecule has 0 spiro atoms. The molecule has 1 fully saturated rings. The van der Waals surface area contributed by atoms with Gasteiger partial charge in [-0.3, -0.25) is 9.88 Å². The van der Waals surface area contributed by atoms with E-state index in [-0.39, 0.29) is 5.92 Å². The Kier molecular flexibility index (Phi) is 4.74. The number of fused-ring (bicyclic) bond motifs is 2. The van der Waals surface area contributed by atoms with Crippen LogP contribution in [0.3, 0.4) is 0 Å². The normalized spacial score (nSPS) is 21.2. The number of nitriles is 1. The van der Waals surface area contributed by atoms with Gasteiger partial charge in [-0.25, -0.2) is 0 Å². The molecule has 0 saturated carbocycles. The zero-order valence-corrected chi connectivity index (χ0v) is 16.7. The van der Waals surface area contributed by atoms with E-state index in [0.29, 0.717) is 17.1 Å². The summed E-state index contributed by atoms with van der Waals surface area (Å²) in [6.07, 6.45) is 3.57. The second-order valence-corrected chi connectivity index (χ2v) is 8.06. The molecule has 3 heterocycles. The number of benzene rings is 2. The molecule has 1 unspecified atom stereocenters. The molecule has 2 aliphatic rings. The third-order valence-corrected chi connectivity index (χ3v) is 6.33. The van der Waals surface area contributed by atoms with E-state index in [1.807, 2.05) is 48.7 Å². The maximum Gasteiger partial charge on any atom is 0.135 e. The predicted octanol–water partition coefficient (Wildman–Crippen LogP) is 4.21. The number of nitrogens with zero attached hydrogens (tertiary/aromatic N) is 3. The van der Waals surface area contributed by atoms with E-state index in [2.05, 4.69) is 22.0 Å². The first-order valence-electron chi connectivity index (χ1n) is 10.3. The molecule has 5 rings (SSSR count). The summed E-state index contributed by atoms with van der Waals surface area (Å²) in [5, 5.41) is 21.4. The summed E-state index contributed by atoms with van der Waals surface area (Å²) in [6.45, 7) is 2.63.